The van der Waals surface area contributed by atoms with Gasteiger partial charge in [0.1, 0.15) is 0 Å². The number of hydrogen-bond donors (Lipinski definition) is 0. The Hall–Kier alpha value is -3.48. The van der Waals surface area contributed by atoms with Gasteiger partial charge in [0.2, 0.25) is 6.41 Å². The highest BCUT2D eigenvalue weighted by molar-refractivity contribution is 5.58. The van der Waals surface area contributed by atoms with Crippen LogP contribution in [0.4, 0.5) is 17.5 Å². The lowest BCUT2D eigenvalue weighted by atomic mass is 10.2. The largest absolute Gasteiger partial charge is 0.352 e. The standard InChI is InChI=1S/C21H22N6O/c28-17-25-11-13-26(14-12-25)20-15-22-24-21(23-20)27(19-9-5-2-6-10-19)16-18-7-3-1-4-8-18/h1-10,15,17H,11-14,16H2. The van der Waals surface area contributed by atoms with Crippen LogP contribution in [0.1, 0.15) is 5.56 Å². The highest BCUT2D eigenvalue weighted by atomic mass is 16.1. The first kappa shape index (κ1) is 17.9. The van der Waals surface area contributed by atoms with E-state index < -0.39 is 0 Å². The summed E-state index contributed by atoms with van der Waals surface area (Å²) in [5, 5.41) is 8.52. The number of anilines is 3. The summed E-state index contributed by atoms with van der Waals surface area (Å²) < 4.78 is 0. The van der Waals surface area contributed by atoms with Gasteiger partial charge in [-0.1, -0.05) is 48.5 Å². The number of benzene rings is 2. The molecule has 1 amide bonds. The first-order valence-electron chi connectivity index (χ1n) is 9.34. The second-order valence-electron chi connectivity index (χ2n) is 6.65. The van der Waals surface area contributed by atoms with Gasteiger partial charge in [-0.2, -0.15) is 10.1 Å². The maximum Gasteiger partial charge on any atom is 0.252 e. The van der Waals surface area contributed by atoms with Gasteiger partial charge < -0.3 is 14.7 Å². The molecular formula is C21H22N6O. The molecule has 1 saturated heterocycles. The second-order valence-corrected chi connectivity index (χ2v) is 6.65. The summed E-state index contributed by atoms with van der Waals surface area (Å²) in [4.78, 5) is 21.7. The summed E-state index contributed by atoms with van der Waals surface area (Å²) in [6.07, 6.45) is 2.59. The zero-order valence-corrected chi connectivity index (χ0v) is 15.6. The van der Waals surface area contributed by atoms with Crippen LogP contribution in [0.3, 0.4) is 0 Å². The second kappa shape index (κ2) is 8.47. The molecule has 2 heterocycles. The average Bonchev–Trinajstić information content (AvgIpc) is 2.79. The fraction of sp³-hybridized carbons (Fsp3) is 0.238. The topological polar surface area (TPSA) is 65.5 Å². The molecule has 1 fully saturated rings. The molecule has 0 bridgehead atoms. The van der Waals surface area contributed by atoms with Crippen molar-refractivity contribution in [3.8, 4) is 0 Å². The molecule has 0 spiro atoms. The number of carbonyl (C=O) groups excluding carboxylic acids is 1. The van der Waals surface area contributed by atoms with E-state index in [2.05, 4.69) is 32.1 Å². The van der Waals surface area contributed by atoms with E-state index in [1.54, 1.807) is 11.1 Å². The molecule has 0 unspecified atom stereocenters. The van der Waals surface area contributed by atoms with Gasteiger partial charge in [-0.05, 0) is 17.7 Å². The predicted octanol–water partition coefficient (Wildman–Crippen LogP) is 2.49. The van der Waals surface area contributed by atoms with E-state index in [-0.39, 0.29) is 0 Å². The molecule has 1 aromatic heterocycles. The Morgan fingerprint density at radius 2 is 1.61 bits per heavy atom. The molecule has 0 N–H and O–H groups in total. The van der Waals surface area contributed by atoms with E-state index in [1.165, 1.54) is 5.56 Å². The number of nitrogens with zero attached hydrogens (tertiary/aromatic N) is 6. The van der Waals surface area contributed by atoms with Gasteiger partial charge in [-0.25, -0.2) is 0 Å². The lowest BCUT2D eigenvalue weighted by Crippen LogP contribution is -2.46. The first-order valence-corrected chi connectivity index (χ1v) is 9.34. The van der Waals surface area contributed by atoms with Crippen LogP contribution in [0.2, 0.25) is 0 Å². The number of piperazine rings is 1. The first-order chi connectivity index (χ1) is 13.8. The lowest BCUT2D eigenvalue weighted by Gasteiger charge is -2.33. The minimum Gasteiger partial charge on any atom is -0.352 e. The molecule has 1 aliphatic rings. The van der Waals surface area contributed by atoms with Gasteiger partial charge in [-0.3, -0.25) is 4.79 Å². The summed E-state index contributed by atoms with van der Waals surface area (Å²) in [7, 11) is 0. The molecule has 142 valence electrons. The summed E-state index contributed by atoms with van der Waals surface area (Å²) in [5.41, 5.74) is 2.18. The Morgan fingerprint density at radius 1 is 0.929 bits per heavy atom. The number of aromatic nitrogens is 3. The van der Waals surface area contributed by atoms with Crippen LogP contribution in [0, 0.1) is 0 Å². The van der Waals surface area contributed by atoms with Gasteiger partial charge in [0.25, 0.3) is 5.95 Å². The number of hydrogen-bond acceptors (Lipinski definition) is 6. The highest BCUT2D eigenvalue weighted by Gasteiger charge is 2.20. The van der Waals surface area contributed by atoms with Crippen molar-refractivity contribution in [1.29, 1.82) is 0 Å². The van der Waals surface area contributed by atoms with Crippen molar-refractivity contribution in [2.24, 2.45) is 0 Å². The third-order valence-electron chi connectivity index (χ3n) is 4.82. The molecule has 2 aromatic carbocycles. The van der Waals surface area contributed by atoms with Gasteiger partial charge in [0, 0.05) is 31.9 Å². The lowest BCUT2D eigenvalue weighted by molar-refractivity contribution is -0.118. The van der Waals surface area contributed by atoms with Crippen molar-refractivity contribution >= 4 is 23.9 Å². The van der Waals surface area contributed by atoms with E-state index in [0.717, 1.165) is 31.0 Å². The fourth-order valence-corrected chi connectivity index (χ4v) is 3.26. The monoisotopic (exact) mass is 374 g/mol. The molecule has 3 aromatic rings. The maximum absolute atomic E-state index is 10.9. The van der Waals surface area contributed by atoms with Crippen molar-refractivity contribution in [3.05, 3.63) is 72.4 Å². The number of para-hydroxylation sites is 1. The van der Waals surface area contributed by atoms with Crippen LogP contribution >= 0.6 is 0 Å². The quantitative estimate of drug-likeness (QED) is 0.618. The summed E-state index contributed by atoms with van der Waals surface area (Å²) in [6.45, 7) is 3.50. The Bertz CT molecular complexity index is 897. The van der Waals surface area contributed by atoms with Gasteiger partial charge in [-0.15, -0.1) is 5.10 Å². The SMILES string of the molecule is O=CN1CCN(c2cnnc(N(Cc3ccccc3)c3ccccc3)n2)CC1. The molecular weight excluding hydrogens is 352 g/mol. The van der Waals surface area contributed by atoms with Gasteiger partial charge in [0.05, 0.1) is 12.7 Å². The Balaban J connectivity index is 1.62. The summed E-state index contributed by atoms with van der Waals surface area (Å²) in [6, 6.07) is 20.3. The Morgan fingerprint density at radius 3 is 2.29 bits per heavy atom. The average molecular weight is 374 g/mol. The van der Waals surface area contributed by atoms with E-state index in [1.807, 2.05) is 48.5 Å². The maximum atomic E-state index is 10.9. The van der Waals surface area contributed by atoms with E-state index in [9.17, 15) is 4.79 Å². The van der Waals surface area contributed by atoms with Crippen molar-refractivity contribution in [2.45, 2.75) is 6.54 Å². The van der Waals surface area contributed by atoms with Crippen molar-refractivity contribution < 1.29 is 4.79 Å². The fourth-order valence-electron chi connectivity index (χ4n) is 3.26. The zero-order chi connectivity index (χ0) is 19.2. The minimum atomic E-state index is 0.561. The highest BCUT2D eigenvalue weighted by Crippen LogP contribution is 2.25. The predicted molar refractivity (Wildman–Crippen MR) is 108 cm³/mol. The summed E-state index contributed by atoms with van der Waals surface area (Å²) in [5.74, 6) is 1.34. The number of rotatable bonds is 6. The van der Waals surface area contributed by atoms with E-state index in [0.29, 0.717) is 25.6 Å². The van der Waals surface area contributed by atoms with Crippen LogP contribution in [-0.2, 0) is 11.3 Å². The normalized spacial score (nSPS) is 14.0. The van der Waals surface area contributed by atoms with Crippen LogP contribution < -0.4 is 9.80 Å². The Labute approximate surface area is 164 Å². The van der Waals surface area contributed by atoms with Crippen LogP contribution in [0.15, 0.2) is 66.9 Å². The van der Waals surface area contributed by atoms with E-state index >= 15 is 0 Å². The third-order valence-corrected chi connectivity index (χ3v) is 4.82. The van der Waals surface area contributed by atoms with Crippen molar-refractivity contribution in [3.63, 3.8) is 0 Å². The number of amides is 1. The van der Waals surface area contributed by atoms with Gasteiger partial charge in [0.15, 0.2) is 5.82 Å². The van der Waals surface area contributed by atoms with Gasteiger partial charge >= 0.3 is 0 Å². The molecule has 7 heteroatoms. The van der Waals surface area contributed by atoms with Crippen molar-refractivity contribution in [1.82, 2.24) is 20.1 Å². The minimum absolute atomic E-state index is 0.561. The molecule has 0 atom stereocenters. The van der Waals surface area contributed by atoms with Crippen LogP contribution in [0.25, 0.3) is 0 Å². The molecule has 28 heavy (non-hydrogen) atoms. The van der Waals surface area contributed by atoms with E-state index in [4.69, 9.17) is 4.98 Å². The molecule has 1 aliphatic heterocycles. The summed E-state index contributed by atoms with van der Waals surface area (Å²) >= 11 is 0. The number of carbonyl (C=O) groups is 1. The molecule has 0 saturated carbocycles. The molecule has 0 radical (unpaired) electrons. The molecule has 0 aliphatic carbocycles. The zero-order valence-electron chi connectivity index (χ0n) is 15.6. The smallest absolute Gasteiger partial charge is 0.252 e. The van der Waals surface area contributed by atoms with Crippen molar-refractivity contribution in [2.75, 3.05) is 36.0 Å². The van der Waals surface area contributed by atoms with Crippen LogP contribution in [-0.4, -0.2) is 52.7 Å². The third kappa shape index (κ3) is 4.09. The molecule has 4 rings (SSSR count). The Kier molecular flexibility index (Phi) is 5.42. The van der Waals surface area contributed by atoms with Crippen LogP contribution in [0.5, 0.6) is 0 Å². The molecule has 7 nitrogen and oxygen atoms in total.